The van der Waals surface area contributed by atoms with Crippen molar-refractivity contribution in [1.29, 1.82) is 5.26 Å². The van der Waals surface area contributed by atoms with Crippen LogP contribution in [0.25, 0.3) is 10.9 Å². The Balaban J connectivity index is 1.80. The van der Waals surface area contributed by atoms with E-state index >= 15 is 4.39 Å². The molecule has 2 saturated heterocycles. The molecule has 2 atom stereocenters. The number of halogens is 1. The summed E-state index contributed by atoms with van der Waals surface area (Å²) in [5, 5.41) is 19.3. The monoisotopic (exact) mass is 382 g/mol. The number of hydrogen-bond donors (Lipinski definition) is 1. The first-order chi connectivity index (χ1) is 13.4. The fraction of sp³-hybridized carbons (Fsp3) is 0.450. The Morgan fingerprint density at radius 3 is 2.57 bits per heavy atom. The number of carboxylic acid groups (broad SMARTS) is 1. The van der Waals surface area contributed by atoms with Crippen LogP contribution in [0.5, 0.6) is 0 Å². The van der Waals surface area contributed by atoms with E-state index in [0.717, 1.165) is 31.9 Å². The van der Waals surface area contributed by atoms with E-state index < -0.39 is 22.8 Å². The number of pyridine rings is 1. The summed E-state index contributed by atoms with van der Waals surface area (Å²) >= 11 is 0. The Labute approximate surface area is 160 Å². The lowest BCUT2D eigenvalue weighted by Crippen LogP contribution is -2.45. The number of aromatic nitrogens is 1. The molecule has 3 heterocycles. The minimum atomic E-state index is -1.34. The fourth-order valence-electron chi connectivity index (χ4n) is 4.80. The molecule has 2 aliphatic heterocycles. The average molecular weight is 382 g/mol. The summed E-state index contributed by atoms with van der Waals surface area (Å²) < 4.78 is 16.9. The molecule has 7 nitrogen and oxygen atoms in total. The Morgan fingerprint density at radius 2 is 2.04 bits per heavy atom. The number of carbonyl (C=O) groups is 1. The lowest BCUT2D eigenvalue weighted by Gasteiger charge is -2.34. The van der Waals surface area contributed by atoms with E-state index in [-0.39, 0.29) is 28.7 Å². The first-order valence-electron chi connectivity index (χ1n) is 9.42. The van der Waals surface area contributed by atoms with Crippen molar-refractivity contribution in [1.82, 2.24) is 9.47 Å². The van der Waals surface area contributed by atoms with Gasteiger partial charge in [-0.3, -0.25) is 9.69 Å². The molecule has 2 aromatic rings. The van der Waals surface area contributed by atoms with Gasteiger partial charge in [0.25, 0.3) is 0 Å². The van der Waals surface area contributed by atoms with Crippen molar-refractivity contribution < 1.29 is 14.3 Å². The zero-order valence-corrected chi connectivity index (χ0v) is 15.4. The third kappa shape index (κ3) is 2.29. The Kier molecular flexibility index (Phi) is 3.55. The molecule has 144 valence electrons. The summed E-state index contributed by atoms with van der Waals surface area (Å²) in [6.45, 7) is 1.44. The molecule has 0 amide bonds. The molecule has 8 heteroatoms. The van der Waals surface area contributed by atoms with Crippen molar-refractivity contribution in [3.8, 4) is 6.07 Å². The summed E-state index contributed by atoms with van der Waals surface area (Å²) in [7, 11) is 2.04. The highest BCUT2D eigenvalue weighted by Gasteiger charge is 2.43. The highest BCUT2D eigenvalue weighted by atomic mass is 19.1. The van der Waals surface area contributed by atoms with Gasteiger partial charge in [-0.05, 0) is 32.4 Å². The largest absolute Gasteiger partial charge is 0.477 e. The van der Waals surface area contributed by atoms with Crippen molar-refractivity contribution in [3.05, 3.63) is 39.4 Å². The summed E-state index contributed by atoms with van der Waals surface area (Å²) in [6.07, 6.45) is 3.92. The van der Waals surface area contributed by atoms with Crippen LogP contribution in [0.4, 0.5) is 10.1 Å². The van der Waals surface area contributed by atoms with Crippen molar-refractivity contribution in [2.45, 2.75) is 37.4 Å². The van der Waals surface area contributed by atoms with Crippen LogP contribution < -0.4 is 10.3 Å². The minimum Gasteiger partial charge on any atom is -0.477 e. The summed E-state index contributed by atoms with van der Waals surface area (Å²) in [6, 6.07) is 3.74. The van der Waals surface area contributed by atoms with Gasteiger partial charge in [0.05, 0.1) is 16.6 Å². The molecule has 5 rings (SSSR count). The molecule has 2 bridgehead atoms. The van der Waals surface area contributed by atoms with Gasteiger partial charge in [-0.15, -0.1) is 0 Å². The van der Waals surface area contributed by atoms with E-state index in [9.17, 15) is 20.0 Å². The number of piperazine rings is 1. The molecule has 1 aliphatic carbocycles. The van der Waals surface area contributed by atoms with Gasteiger partial charge >= 0.3 is 5.97 Å². The number of likely N-dealkylation sites (N-methyl/N-ethyl adjacent to an activating group) is 1. The first kappa shape index (κ1) is 17.2. The summed E-state index contributed by atoms with van der Waals surface area (Å²) in [4.78, 5) is 28.4. The molecule has 2 unspecified atom stereocenters. The molecule has 3 fully saturated rings. The topological polar surface area (TPSA) is 89.6 Å². The third-order valence-electron chi connectivity index (χ3n) is 6.33. The zero-order chi connectivity index (χ0) is 19.7. The number of fused-ring (bicyclic) bond motifs is 3. The zero-order valence-electron chi connectivity index (χ0n) is 15.4. The predicted molar refractivity (Wildman–Crippen MR) is 100 cm³/mol. The van der Waals surface area contributed by atoms with E-state index in [1.165, 1.54) is 6.20 Å². The second-order valence-corrected chi connectivity index (χ2v) is 8.04. The number of nitrogens with zero attached hydrogens (tertiary/aromatic N) is 4. The summed E-state index contributed by atoms with van der Waals surface area (Å²) in [5.74, 6) is -1.98. The molecule has 3 aliphatic rings. The maximum absolute atomic E-state index is 15.2. The Bertz CT molecular complexity index is 1130. The number of aromatic carboxylic acids is 1. The fourth-order valence-corrected chi connectivity index (χ4v) is 4.80. The second kappa shape index (κ2) is 5.79. The van der Waals surface area contributed by atoms with Crippen LogP contribution in [0, 0.1) is 17.1 Å². The third-order valence-corrected chi connectivity index (χ3v) is 6.33. The molecule has 1 aromatic carbocycles. The molecule has 1 aromatic heterocycles. The average Bonchev–Trinajstić information content (AvgIpc) is 3.33. The van der Waals surface area contributed by atoms with Crippen molar-refractivity contribution in [3.63, 3.8) is 0 Å². The van der Waals surface area contributed by atoms with Crippen molar-refractivity contribution in [2.24, 2.45) is 0 Å². The molecule has 1 saturated carbocycles. The number of carboxylic acids is 1. The number of anilines is 1. The normalized spacial score (nSPS) is 24.1. The molecular formula is C20H19FN4O3. The Hall–Kier alpha value is -2.92. The standard InChI is InChI=1S/C20H19FN4O3/c1-23-7-12-4-11(23)8-24(12)18-14(6-22)17-13(5-16(18)21)19(26)15(20(27)28)9-25(17)10-2-3-10/h5,9-12H,2-4,7-8H2,1H3,(H,27,28). The van der Waals surface area contributed by atoms with Crippen LogP contribution in [0.2, 0.25) is 0 Å². The van der Waals surface area contributed by atoms with Crippen molar-refractivity contribution >= 4 is 22.6 Å². The van der Waals surface area contributed by atoms with Crippen molar-refractivity contribution in [2.75, 3.05) is 25.0 Å². The number of nitriles is 1. The maximum atomic E-state index is 15.2. The lowest BCUT2D eigenvalue weighted by molar-refractivity contribution is 0.0695. The van der Waals surface area contributed by atoms with Gasteiger partial charge in [0, 0.05) is 37.4 Å². The van der Waals surface area contributed by atoms with E-state index in [0.29, 0.717) is 18.1 Å². The number of benzene rings is 1. The van der Waals surface area contributed by atoms with Crippen LogP contribution in [-0.2, 0) is 0 Å². The number of hydrogen-bond acceptors (Lipinski definition) is 5. The molecule has 0 radical (unpaired) electrons. The van der Waals surface area contributed by atoms with Crippen LogP contribution in [-0.4, -0.2) is 52.8 Å². The van der Waals surface area contributed by atoms with Gasteiger partial charge in [0.2, 0.25) is 5.43 Å². The van der Waals surface area contributed by atoms with Crippen LogP contribution >= 0.6 is 0 Å². The quantitative estimate of drug-likeness (QED) is 0.873. The molecule has 0 spiro atoms. The smallest absolute Gasteiger partial charge is 0.341 e. The second-order valence-electron chi connectivity index (χ2n) is 8.04. The predicted octanol–water partition coefficient (Wildman–Crippen LogP) is 1.94. The van der Waals surface area contributed by atoms with Gasteiger partial charge in [0.1, 0.15) is 23.0 Å². The minimum absolute atomic E-state index is 0.0350. The van der Waals surface area contributed by atoms with Gasteiger partial charge < -0.3 is 14.6 Å². The van der Waals surface area contributed by atoms with E-state index in [1.54, 1.807) is 4.57 Å². The highest BCUT2D eigenvalue weighted by molar-refractivity contribution is 5.96. The SMILES string of the molecule is CN1CC2CC1CN2c1c(F)cc2c(=O)c(C(=O)O)cn(C3CC3)c2c1C#N. The van der Waals surface area contributed by atoms with E-state index in [1.807, 2.05) is 11.9 Å². The number of likely N-dealkylation sites (tertiary alicyclic amines) is 1. The van der Waals surface area contributed by atoms with Gasteiger partial charge in [-0.1, -0.05) is 0 Å². The lowest BCUT2D eigenvalue weighted by atomic mass is 10.0. The van der Waals surface area contributed by atoms with E-state index in [4.69, 9.17) is 0 Å². The maximum Gasteiger partial charge on any atom is 0.341 e. The van der Waals surface area contributed by atoms with Gasteiger partial charge in [-0.2, -0.15) is 5.26 Å². The molecular weight excluding hydrogens is 363 g/mol. The van der Waals surface area contributed by atoms with Crippen LogP contribution in [0.1, 0.15) is 41.2 Å². The Morgan fingerprint density at radius 1 is 1.29 bits per heavy atom. The van der Waals surface area contributed by atoms with Crippen LogP contribution in [0.3, 0.4) is 0 Å². The van der Waals surface area contributed by atoms with E-state index in [2.05, 4.69) is 11.0 Å². The summed E-state index contributed by atoms with van der Waals surface area (Å²) in [5.41, 5.74) is -0.410. The molecule has 1 N–H and O–H groups in total. The first-order valence-corrected chi connectivity index (χ1v) is 9.42. The van der Waals surface area contributed by atoms with Gasteiger partial charge in [0.15, 0.2) is 0 Å². The van der Waals surface area contributed by atoms with Crippen LogP contribution in [0.15, 0.2) is 17.1 Å². The van der Waals surface area contributed by atoms with Gasteiger partial charge in [-0.25, -0.2) is 9.18 Å². The molecule has 28 heavy (non-hydrogen) atoms. The highest BCUT2D eigenvalue weighted by Crippen LogP contribution is 2.42. The number of rotatable bonds is 3.